The van der Waals surface area contributed by atoms with Crippen LogP contribution in [0.1, 0.15) is 23.2 Å². The van der Waals surface area contributed by atoms with Crippen LogP contribution in [-0.4, -0.2) is 22.4 Å². The van der Waals surface area contributed by atoms with Crippen LogP contribution in [0.4, 0.5) is 0 Å². The lowest BCUT2D eigenvalue weighted by Crippen LogP contribution is -2.44. The molecule has 0 aliphatic rings. The first kappa shape index (κ1) is 19.3. The third-order valence-electron chi connectivity index (χ3n) is 5.15. The van der Waals surface area contributed by atoms with E-state index in [1.165, 1.54) is 0 Å². The summed E-state index contributed by atoms with van der Waals surface area (Å²) in [6, 6.07) is 23.9. The van der Waals surface area contributed by atoms with Crippen molar-refractivity contribution >= 4 is 27.5 Å². The van der Waals surface area contributed by atoms with E-state index in [-0.39, 0.29) is 5.91 Å². The number of para-hydroxylation sites is 1. The molecule has 0 unspecified atom stereocenters. The van der Waals surface area contributed by atoms with Gasteiger partial charge in [0.15, 0.2) is 0 Å². The molecule has 1 amide bonds. The van der Waals surface area contributed by atoms with Gasteiger partial charge in [-0.25, -0.2) is 4.98 Å². The normalized spacial score (nSPS) is 13.1. The van der Waals surface area contributed by atoms with Gasteiger partial charge < -0.3 is 5.32 Å². The second-order valence-corrected chi connectivity index (χ2v) is 8.39. The highest BCUT2D eigenvalue weighted by molar-refractivity contribution is 7.18. The number of nitrogens with zero attached hydrogens (tertiary/aromatic N) is 2. The van der Waals surface area contributed by atoms with E-state index in [0.29, 0.717) is 19.4 Å². The predicted octanol–water partition coefficient (Wildman–Crippen LogP) is 4.55. The summed E-state index contributed by atoms with van der Waals surface area (Å²) in [5, 5.41) is 4.09. The first-order valence-corrected chi connectivity index (χ1v) is 10.5. The van der Waals surface area contributed by atoms with Gasteiger partial charge in [0.1, 0.15) is 0 Å². The van der Waals surface area contributed by atoms with Crippen molar-refractivity contribution in [2.45, 2.75) is 25.2 Å². The van der Waals surface area contributed by atoms with Gasteiger partial charge in [-0.05, 0) is 36.8 Å². The fourth-order valence-electron chi connectivity index (χ4n) is 3.46. The summed E-state index contributed by atoms with van der Waals surface area (Å²) >= 11 is 1.66. The minimum Gasteiger partial charge on any atom is -0.355 e. The van der Waals surface area contributed by atoms with Crippen LogP contribution < -0.4 is 5.32 Å². The number of thiazole rings is 1. The van der Waals surface area contributed by atoms with E-state index in [4.69, 9.17) is 4.98 Å². The van der Waals surface area contributed by atoms with E-state index >= 15 is 0 Å². The third kappa shape index (κ3) is 4.35. The molecule has 0 bridgehead atoms. The lowest BCUT2D eigenvalue weighted by molar-refractivity contribution is -0.126. The quantitative estimate of drug-likeness (QED) is 0.494. The molecule has 0 saturated heterocycles. The number of aromatic nitrogens is 2. The molecule has 4 rings (SSSR count). The molecule has 0 radical (unpaired) electrons. The Labute approximate surface area is 174 Å². The molecule has 29 heavy (non-hydrogen) atoms. The summed E-state index contributed by atoms with van der Waals surface area (Å²) in [6.45, 7) is 2.56. The molecule has 1 atom stereocenters. The summed E-state index contributed by atoms with van der Waals surface area (Å²) in [5.41, 5.74) is 2.26. The maximum absolute atomic E-state index is 13.3. The van der Waals surface area contributed by atoms with Gasteiger partial charge >= 0.3 is 0 Å². The summed E-state index contributed by atoms with van der Waals surface area (Å²) in [4.78, 5) is 22.4. The van der Waals surface area contributed by atoms with Crippen molar-refractivity contribution in [2.75, 3.05) is 6.54 Å². The Bertz CT molecular complexity index is 1060. The molecule has 2 heterocycles. The molecule has 0 saturated carbocycles. The van der Waals surface area contributed by atoms with Gasteiger partial charge in [0, 0.05) is 31.3 Å². The average molecular weight is 402 g/mol. The SMILES string of the molecule is C[C@@](Cc1nc2ccccc2s1)(C(=O)NCCc1ccccn1)c1ccccc1. The summed E-state index contributed by atoms with van der Waals surface area (Å²) in [5.74, 6) is 0.0129. The second kappa shape index (κ2) is 8.53. The molecule has 0 aliphatic carbocycles. The summed E-state index contributed by atoms with van der Waals surface area (Å²) in [6.07, 6.45) is 3.04. The van der Waals surface area contributed by atoms with Crippen molar-refractivity contribution in [3.05, 3.63) is 95.3 Å². The maximum atomic E-state index is 13.3. The van der Waals surface area contributed by atoms with Gasteiger partial charge in [-0.15, -0.1) is 11.3 Å². The predicted molar refractivity (Wildman–Crippen MR) is 118 cm³/mol. The zero-order valence-corrected chi connectivity index (χ0v) is 17.2. The molecule has 0 spiro atoms. The highest BCUT2D eigenvalue weighted by Gasteiger charge is 2.36. The number of hydrogen-bond donors (Lipinski definition) is 1. The molecular weight excluding hydrogens is 378 g/mol. The summed E-state index contributed by atoms with van der Waals surface area (Å²) < 4.78 is 1.15. The molecule has 0 aliphatic heterocycles. The van der Waals surface area contributed by atoms with E-state index in [2.05, 4.69) is 16.4 Å². The highest BCUT2D eigenvalue weighted by atomic mass is 32.1. The van der Waals surface area contributed by atoms with Crippen LogP contribution in [0.15, 0.2) is 79.0 Å². The third-order valence-corrected chi connectivity index (χ3v) is 6.18. The second-order valence-electron chi connectivity index (χ2n) is 7.28. The number of rotatable bonds is 7. The molecule has 146 valence electrons. The first-order valence-electron chi connectivity index (χ1n) is 9.73. The Morgan fingerprint density at radius 3 is 2.52 bits per heavy atom. The standard InChI is InChI=1S/C24H23N3OS/c1-24(18-9-3-2-4-10-18,17-22-27-20-12-5-6-13-21(20)29-22)23(28)26-16-14-19-11-7-8-15-25-19/h2-13,15H,14,16-17H2,1H3,(H,26,28)/t24-/m0/s1. The Morgan fingerprint density at radius 1 is 1.00 bits per heavy atom. The van der Waals surface area contributed by atoms with Crippen LogP contribution in [0.2, 0.25) is 0 Å². The van der Waals surface area contributed by atoms with E-state index in [9.17, 15) is 4.79 Å². The van der Waals surface area contributed by atoms with E-state index in [1.807, 2.05) is 73.7 Å². The van der Waals surface area contributed by atoms with Crippen molar-refractivity contribution < 1.29 is 4.79 Å². The van der Waals surface area contributed by atoms with Crippen molar-refractivity contribution in [2.24, 2.45) is 0 Å². The van der Waals surface area contributed by atoms with Crippen molar-refractivity contribution in [3.8, 4) is 0 Å². The number of nitrogens with one attached hydrogen (secondary N) is 1. The van der Waals surface area contributed by atoms with Gasteiger partial charge in [0.2, 0.25) is 5.91 Å². The van der Waals surface area contributed by atoms with Gasteiger partial charge in [-0.1, -0.05) is 48.5 Å². The molecule has 2 aromatic heterocycles. The minimum atomic E-state index is -0.695. The van der Waals surface area contributed by atoms with E-state index in [0.717, 1.165) is 26.5 Å². The smallest absolute Gasteiger partial charge is 0.230 e. The Kier molecular flexibility index (Phi) is 5.67. The number of benzene rings is 2. The van der Waals surface area contributed by atoms with Crippen LogP contribution in [0.5, 0.6) is 0 Å². The number of amides is 1. The zero-order valence-electron chi connectivity index (χ0n) is 16.3. The summed E-state index contributed by atoms with van der Waals surface area (Å²) in [7, 11) is 0. The first-order chi connectivity index (χ1) is 14.1. The van der Waals surface area contributed by atoms with Crippen LogP contribution in [0, 0.1) is 0 Å². The topological polar surface area (TPSA) is 54.9 Å². The average Bonchev–Trinajstić information content (AvgIpc) is 3.17. The van der Waals surface area contributed by atoms with Crippen molar-refractivity contribution in [1.82, 2.24) is 15.3 Å². The van der Waals surface area contributed by atoms with E-state index < -0.39 is 5.41 Å². The molecule has 5 heteroatoms. The zero-order chi connectivity index (χ0) is 20.1. The van der Waals surface area contributed by atoms with Gasteiger partial charge in [0.05, 0.1) is 20.6 Å². The molecule has 1 N–H and O–H groups in total. The largest absolute Gasteiger partial charge is 0.355 e. The number of hydrogen-bond acceptors (Lipinski definition) is 4. The molecule has 4 nitrogen and oxygen atoms in total. The van der Waals surface area contributed by atoms with Crippen LogP contribution in [0.3, 0.4) is 0 Å². The monoisotopic (exact) mass is 401 g/mol. The molecule has 2 aromatic carbocycles. The maximum Gasteiger partial charge on any atom is 0.230 e. The van der Waals surface area contributed by atoms with Gasteiger partial charge in [0.25, 0.3) is 0 Å². The number of carbonyl (C=O) groups excluding carboxylic acids is 1. The number of carbonyl (C=O) groups is 1. The highest BCUT2D eigenvalue weighted by Crippen LogP contribution is 2.32. The fraction of sp³-hybridized carbons (Fsp3) is 0.208. The fourth-order valence-corrected chi connectivity index (χ4v) is 4.59. The van der Waals surface area contributed by atoms with Crippen LogP contribution >= 0.6 is 11.3 Å². The molecular formula is C24H23N3OS. The van der Waals surface area contributed by atoms with Crippen LogP contribution in [0.25, 0.3) is 10.2 Å². The molecule has 4 aromatic rings. The minimum absolute atomic E-state index is 0.0129. The van der Waals surface area contributed by atoms with E-state index in [1.54, 1.807) is 17.5 Å². The van der Waals surface area contributed by atoms with Crippen molar-refractivity contribution in [3.63, 3.8) is 0 Å². The van der Waals surface area contributed by atoms with Crippen molar-refractivity contribution in [1.29, 1.82) is 0 Å². The Balaban J connectivity index is 1.55. The Hall–Kier alpha value is -3.05. The van der Waals surface area contributed by atoms with Crippen LogP contribution in [-0.2, 0) is 23.1 Å². The lowest BCUT2D eigenvalue weighted by Gasteiger charge is -2.28. The lowest BCUT2D eigenvalue weighted by atomic mass is 9.78. The Morgan fingerprint density at radius 2 is 1.76 bits per heavy atom. The molecule has 0 fully saturated rings. The number of fused-ring (bicyclic) bond motifs is 1. The number of pyridine rings is 1. The van der Waals surface area contributed by atoms with Gasteiger partial charge in [-0.3, -0.25) is 9.78 Å². The van der Waals surface area contributed by atoms with Gasteiger partial charge in [-0.2, -0.15) is 0 Å².